The molecule has 1 atom stereocenters. The average Bonchev–Trinajstić information content (AvgIpc) is 2.93. The minimum atomic E-state index is -3.17. The molecule has 2 amide bonds. The molecule has 2 aromatic rings. The Morgan fingerprint density at radius 1 is 1.26 bits per heavy atom. The number of nitrogens with zero attached hydrogens (tertiary/aromatic N) is 2. The van der Waals surface area contributed by atoms with Gasteiger partial charge in [0.1, 0.15) is 17.2 Å². The first kappa shape index (κ1) is 20.9. The summed E-state index contributed by atoms with van der Waals surface area (Å²) in [5, 5.41) is 12.6. The molecule has 2 N–H and O–H groups in total. The number of hydrogen-bond acceptors (Lipinski definition) is 4. The molecule has 4 rings (SSSR count). The number of halogens is 4. The van der Waals surface area contributed by atoms with Crippen molar-refractivity contribution in [2.75, 3.05) is 13.1 Å². The van der Waals surface area contributed by atoms with Gasteiger partial charge in [-0.05, 0) is 12.5 Å². The summed E-state index contributed by atoms with van der Waals surface area (Å²) >= 11 is 0. The standard InChI is InChI=1S/C20H17F4N3O4/c21-11-2-1-10(14(22)5-11)7-25-18(30)13-8-27-12-3-4-26(9-20(23,24)6-12)19(31)15(27)17(29)16(13)28/h1-2,5,8,12,29H,3-4,6-7,9H2,(H,25,30). The summed E-state index contributed by atoms with van der Waals surface area (Å²) in [5.41, 5.74) is -2.22. The summed E-state index contributed by atoms with van der Waals surface area (Å²) < 4.78 is 56.2. The molecule has 1 aromatic carbocycles. The molecule has 0 spiro atoms. The maximum atomic E-state index is 14.2. The molecule has 11 heteroatoms. The van der Waals surface area contributed by atoms with Gasteiger partial charge in [0.15, 0.2) is 11.4 Å². The Hall–Kier alpha value is -3.37. The van der Waals surface area contributed by atoms with Crippen molar-refractivity contribution in [2.24, 2.45) is 0 Å². The third-order valence-corrected chi connectivity index (χ3v) is 5.48. The number of pyridine rings is 1. The van der Waals surface area contributed by atoms with Crippen LogP contribution in [-0.4, -0.2) is 45.4 Å². The Balaban J connectivity index is 1.70. The molecule has 1 aromatic heterocycles. The van der Waals surface area contributed by atoms with Gasteiger partial charge in [0.25, 0.3) is 17.7 Å². The quantitative estimate of drug-likeness (QED) is 0.718. The highest BCUT2D eigenvalue weighted by Gasteiger charge is 2.45. The maximum absolute atomic E-state index is 14.2. The van der Waals surface area contributed by atoms with Gasteiger partial charge in [-0.15, -0.1) is 0 Å². The van der Waals surface area contributed by atoms with Crippen LogP contribution in [0.25, 0.3) is 0 Å². The minimum absolute atomic E-state index is 0.0137. The van der Waals surface area contributed by atoms with Crippen LogP contribution in [-0.2, 0) is 6.54 Å². The van der Waals surface area contributed by atoms with E-state index < -0.39 is 70.8 Å². The SMILES string of the molecule is O=C(NCc1ccc(F)cc1F)c1cn2c(c(O)c1=O)C(=O)N1CCC2CC(F)(F)C1. The second kappa shape index (κ2) is 7.40. The number of amides is 2. The van der Waals surface area contributed by atoms with E-state index >= 15 is 0 Å². The van der Waals surface area contributed by atoms with Crippen LogP contribution in [0.3, 0.4) is 0 Å². The van der Waals surface area contributed by atoms with Crippen LogP contribution in [0, 0.1) is 11.6 Å². The lowest BCUT2D eigenvalue weighted by Gasteiger charge is -2.29. The van der Waals surface area contributed by atoms with Crippen LogP contribution < -0.4 is 10.7 Å². The Kier molecular flexibility index (Phi) is 4.98. The normalized spacial score (nSPS) is 19.5. The molecule has 3 heterocycles. The summed E-state index contributed by atoms with van der Waals surface area (Å²) in [7, 11) is 0. The molecular formula is C20H17F4N3O4. The molecule has 7 nitrogen and oxygen atoms in total. The zero-order valence-electron chi connectivity index (χ0n) is 16.0. The summed E-state index contributed by atoms with van der Waals surface area (Å²) in [4.78, 5) is 38.6. The highest BCUT2D eigenvalue weighted by Crippen LogP contribution is 2.38. The van der Waals surface area contributed by atoms with E-state index in [2.05, 4.69) is 5.32 Å². The number of aromatic hydroxyl groups is 1. The maximum Gasteiger partial charge on any atom is 0.274 e. The molecule has 2 aliphatic heterocycles. The van der Waals surface area contributed by atoms with Gasteiger partial charge in [-0.3, -0.25) is 14.4 Å². The van der Waals surface area contributed by atoms with Gasteiger partial charge < -0.3 is 19.9 Å². The van der Waals surface area contributed by atoms with E-state index in [0.29, 0.717) is 6.07 Å². The monoisotopic (exact) mass is 439 g/mol. The lowest BCUT2D eigenvalue weighted by molar-refractivity contribution is -0.0360. The first-order valence-corrected chi connectivity index (χ1v) is 9.45. The van der Waals surface area contributed by atoms with Crippen molar-refractivity contribution in [1.82, 2.24) is 14.8 Å². The summed E-state index contributed by atoms with van der Waals surface area (Å²) in [6.07, 6.45) is 0.494. The topological polar surface area (TPSA) is 91.6 Å². The van der Waals surface area contributed by atoms with Crippen LogP contribution in [0.4, 0.5) is 17.6 Å². The highest BCUT2D eigenvalue weighted by atomic mass is 19.3. The molecule has 1 unspecified atom stereocenters. The zero-order chi connectivity index (χ0) is 22.5. The lowest BCUT2D eigenvalue weighted by atomic mass is 10.0. The largest absolute Gasteiger partial charge is 0.503 e. The second-order valence-corrected chi connectivity index (χ2v) is 7.62. The molecule has 0 radical (unpaired) electrons. The van der Waals surface area contributed by atoms with Gasteiger partial charge in [0.05, 0.1) is 6.54 Å². The van der Waals surface area contributed by atoms with Gasteiger partial charge in [0, 0.05) is 43.4 Å². The van der Waals surface area contributed by atoms with Crippen LogP contribution in [0.1, 0.15) is 45.3 Å². The van der Waals surface area contributed by atoms with Crippen molar-refractivity contribution in [3.05, 3.63) is 63.1 Å². The first-order chi connectivity index (χ1) is 14.6. The molecule has 0 aliphatic carbocycles. The van der Waals surface area contributed by atoms with Gasteiger partial charge in [0.2, 0.25) is 5.43 Å². The minimum Gasteiger partial charge on any atom is -0.503 e. The van der Waals surface area contributed by atoms with Crippen molar-refractivity contribution < 1.29 is 32.3 Å². The fourth-order valence-electron chi connectivity index (χ4n) is 3.95. The predicted octanol–water partition coefficient (Wildman–Crippen LogP) is 2.19. The van der Waals surface area contributed by atoms with E-state index in [-0.39, 0.29) is 25.1 Å². The molecule has 2 bridgehead atoms. The predicted molar refractivity (Wildman–Crippen MR) is 99.0 cm³/mol. The van der Waals surface area contributed by atoms with Crippen molar-refractivity contribution in [3.63, 3.8) is 0 Å². The molecule has 31 heavy (non-hydrogen) atoms. The Bertz CT molecular complexity index is 1150. The summed E-state index contributed by atoms with van der Waals surface area (Å²) in [6, 6.07) is 1.82. The summed E-state index contributed by atoms with van der Waals surface area (Å²) in [6.45, 7) is -1.19. The molecule has 1 saturated heterocycles. The molecule has 1 fully saturated rings. The average molecular weight is 439 g/mol. The van der Waals surface area contributed by atoms with Crippen LogP contribution in [0.5, 0.6) is 5.75 Å². The molecular weight excluding hydrogens is 422 g/mol. The van der Waals surface area contributed by atoms with E-state index in [1.54, 1.807) is 0 Å². The van der Waals surface area contributed by atoms with Crippen molar-refractivity contribution in [1.29, 1.82) is 0 Å². The molecule has 2 aliphatic rings. The van der Waals surface area contributed by atoms with Crippen LogP contribution in [0.2, 0.25) is 0 Å². The van der Waals surface area contributed by atoms with Gasteiger partial charge in [-0.25, -0.2) is 17.6 Å². The van der Waals surface area contributed by atoms with E-state index in [4.69, 9.17) is 0 Å². The number of benzene rings is 1. The lowest BCUT2D eigenvalue weighted by Crippen LogP contribution is -2.42. The zero-order valence-corrected chi connectivity index (χ0v) is 16.0. The number of nitrogens with one attached hydrogen (secondary N) is 1. The first-order valence-electron chi connectivity index (χ1n) is 9.45. The fraction of sp³-hybridized carbons (Fsp3) is 0.350. The van der Waals surface area contributed by atoms with Crippen LogP contribution in [0.15, 0.2) is 29.2 Å². The van der Waals surface area contributed by atoms with E-state index in [0.717, 1.165) is 27.8 Å². The van der Waals surface area contributed by atoms with Crippen molar-refractivity contribution in [3.8, 4) is 5.75 Å². The second-order valence-electron chi connectivity index (χ2n) is 7.62. The van der Waals surface area contributed by atoms with E-state index in [9.17, 15) is 37.1 Å². The van der Waals surface area contributed by atoms with E-state index in [1.807, 2.05) is 0 Å². The fourth-order valence-corrected chi connectivity index (χ4v) is 3.95. The van der Waals surface area contributed by atoms with Gasteiger partial charge >= 0.3 is 0 Å². The van der Waals surface area contributed by atoms with E-state index in [1.165, 1.54) is 0 Å². The summed E-state index contributed by atoms with van der Waals surface area (Å²) in [5.74, 6) is -7.81. The number of rotatable bonds is 3. The Morgan fingerprint density at radius 2 is 2.00 bits per heavy atom. The smallest absolute Gasteiger partial charge is 0.274 e. The number of carbonyl (C=O) groups is 2. The highest BCUT2D eigenvalue weighted by molar-refractivity contribution is 5.99. The number of carbonyl (C=O) groups excluding carboxylic acids is 2. The Labute approximate surface area is 172 Å². The van der Waals surface area contributed by atoms with Crippen molar-refractivity contribution >= 4 is 11.8 Å². The van der Waals surface area contributed by atoms with Crippen LogP contribution >= 0.6 is 0 Å². The number of alkyl halides is 2. The van der Waals surface area contributed by atoms with Crippen molar-refractivity contribution in [2.45, 2.75) is 31.4 Å². The van der Waals surface area contributed by atoms with Gasteiger partial charge in [-0.1, -0.05) is 6.07 Å². The number of hydrogen-bond donors (Lipinski definition) is 2. The molecule has 164 valence electrons. The van der Waals surface area contributed by atoms with Gasteiger partial charge in [-0.2, -0.15) is 0 Å². The Morgan fingerprint density at radius 3 is 2.71 bits per heavy atom. The molecule has 0 saturated carbocycles. The number of aromatic nitrogens is 1. The third kappa shape index (κ3) is 3.75. The number of fused-ring (bicyclic) bond motifs is 5. The third-order valence-electron chi connectivity index (χ3n) is 5.48.